The first-order chi connectivity index (χ1) is 11.1. The van der Waals surface area contributed by atoms with Crippen molar-refractivity contribution in [2.75, 3.05) is 5.32 Å². The van der Waals surface area contributed by atoms with E-state index in [1.54, 1.807) is 24.3 Å². The molecule has 1 heterocycles. The quantitative estimate of drug-likeness (QED) is 0.667. The number of hydrogen-bond donors (Lipinski definition) is 2. The molecule has 118 valence electrons. The normalized spacial score (nSPS) is 11.1. The number of carbonyl (C=O) groups is 1. The molecule has 3 nitrogen and oxygen atoms in total. The maximum absolute atomic E-state index is 12.3. The molecule has 3 rings (SSSR count). The van der Waals surface area contributed by atoms with Crippen LogP contribution < -0.4 is 5.32 Å². The number of anilines is 1. The van der Waals surface area contributed by atoms with Crippen LogP contribution in [0.2, 0.25) is 0 Å². The number of hydrogen-bond acceptors (Lipinski definition) is 2. The van der Waals surface area contributed by atoms with Gasteiger partial charge in [0.1, 0.15) is 0 Å². The molecule has 0 aliphatic rings. The van der Waals surface area contributed by atoms with Crippen molar-refractivity contribution in [2.24, 2.45) is 0 Å². The van der Waals surface area contributed by atoms with Gasteiger partial charge >= 0.3 is 0 Å². The minimum Gasteiger partial charge on any atom is -0.361 e. The van der Waals surface area contributed by atoms with Crippen LogP contribution in [0.1, 0.15) is 5.56 Å². The number of benzene rings is 2. The number of fused-ring (bicyclic) bond motifs is 1. The van der Waals surface area contributed by atoms with E-state index in [0.717, 1.165) is 16.5 Å². The van der Waals surface area contributed by atoms with Crippen LogP contribution in [-0.2, 0) is 11.2 Å². The topological polar surface area (TPSA) is 44.9 Å². The summed E-state index contributed by atoms with van der Waals surface area (Å²) in [5, 5.41) is 3.83. The maximum Gasteiger partial charge on any atom is 0.288 e. The van der Waals surface area contributed by atoms with Crippen molar-refractivity contribution in [3.63, 3.8) is 0 Å². The van der Waals surface area contributed by atoms with Crippen molar-refractivity contribution in [3.05, 3.63) is 60.3 Å². The van der Waals surface area contributed by atoms with E-state index < -0.39 is 5.76 Å². The molecule has 0 radical (unpaired) electrons. The van der Waals surface area contributed by atoms with Crippen LogP contribution in [0.25, 0.3) is 10.9 Å². The smallest absolute Gasteiger partial charge is 0.288 e. The van der Waals surface area contributed by atoms with Crippen molar-refractivity contribution >= 4 is 34.3 Å². The number of halogens is 2. The molecular weight excluding hydrogens is 318 g/mol. The van der Waals surface area contributed by atoms with Gasteiger partial charge in [0.2, 0.25) is 5.91 Å². The van der Waals surface area contributed by atoms with Crippen LogP contribution in [0.15, 0.2) is 59.6 Å². The number of rotatable bonds is 5. The Morgan fingerprint density at radius 2 is 1.91 bits per heavy atom. The van der Waals surface area contributed by atoms with Crippen LogP contribution >= 0.6 is 11.8 Å². The molecule has 3 aromatic rings. The maximum atomic E-state index is 12.3. The molecule has 23 heavy (non-hydrogen) atoms. The average molecular weight is 332 g/mol. The molecule has 0 fully saturated rings. The summed E-state index contributed by atoms with van der Waals surface area (Å²) in [5.41, 5.74) is 2.54. The lowest BCUT2D eigenvalue weighted by Gasteiger charge is -2.07. The largest absolute Gasteiger partial charge is 0.361 e. The highest BCUT2D eigenvalue weighted by atomic mass is 32.2. The summed E-state index contributed by atoms with van der Waals surface area (Å²) in [6.45, 7) is 0. The van der Waals surface area contributed by atoms with Gasteiger partial charge in [-0.25, -0.2) is 0 Å². The number of amides is 1. The predicted octanol–water partition coefficient (Wildman–Crippen LogP) is 4.66. The summed E-state index contributed by atoms with van der Waals surface area (Å²) >= 11 is 0.482. The zero-order valence-corrected chi connectivity index (χ0v) is 12.9. The number of thioether (sulfide) groups is 1. The lowest BCUT2D eigenvalue weighted by atomic mass is 10.1. The Labute approximate surface area is 136 Å². The van der Waals surface area contributed by atoms with Crippen molar-refractivity contribution in [3.8, 4) is 0 Å². The Morgan fingerprint density at radius 1 is 1.13 bits per heavy atom. The highest BCUT2D eigenvalue weighted by Gasteiger charge is 2.07. The monoisotopic (exact) mass is 332 g/mol. The van der Waals surface area contributed by atoms with Crippen LogP contribution in [0.3, 0.4) is 0 Å². The van der Waals surface area contributed by atoms with E-state index in [1.165, 1.54) is 0 Å². The Hall–Kier alpha value is -2.34. The van der Waals surface area contributed by atoms with E-state index in [0.29, 0.717) is 22.3 Å². The summed E-state index contributed by atoms with van der Waals surface area (Å²) in [5.74, 6) is -2.59. The minimum absolute atomic E-state index is 0.144. The first-order valence-corrected chi connectivity index (χ1v) is 7.89. The van der Waals surface area contributed by atoms with Crippen molar-refractivity contribution in [1.82, 2.24) is 4.98 Å². The third-order valence-corrected chi connectivity index (χ3v) is 4.07. The first kappa shape index (κ1) is 15.6. The van der Waals surface area contributed by atoms with E-state index in [2.05, 4.69) is 10.3 Å². The molecule has 0 aliphatic heterocycles. The van der Waals surface area contributed by atoms with Crippen molar-refractivity contribution < 1.29 is 13.6 Å². The van der Waals surface area contributed by atoms with Gasteiger partial charge in [0, 0.05) is 22.3 Å². The molecule has 0 saturated carbocycles. The number of aromatic nitrogens is 1. The van der Waals surface area contributed by atoms with Gasteiger partial charge in [-0.1, -0.05) is 17.8 Å². The fourth-order valence-electron chi connectivity index (χ4n) is 2.32. The van der Waals surface area contributed by atoms with Gasteiger partial charge in [-0.05, 0) is 53.4 Å². The van der Waals surface area contributed by atoms with Crippen molar-refractivity contribution in [1.29, 1.82) is 0 Å². The average Bonchev–Trinajstić information content (AvgIpc) is 2.96. The summed E-state index contributed by atoms with van der Waals surface area (Å²) < 4.78 is 24.5. The van der Waals surface area contributed by atoms with Gasteiger partial charge in [0.15, 0.2) is 0 Å². The summed E-state index contributed by atoms with van der Waals surface area (Å²) in [7, 11) is 0. The Morgan fingerprint density at radius 3 is 2.65 bits per heavy atom. The van der Waals surface area contributed by atoms with Gasteiger partial charge in [0.05, 0.1) is 6.42 Å². The van der Waals surface area contributed by atoms with Crippen molar-refractivity contribution in [2.45, 2.75) is 17.1 Å². The third kappa shape index (κ3) is 4.10. The standard InChI is InChI=1S/C17H14F2N2OS/c18-17(19)23-14-4-2-13(3-5-14)21-16(22)10-11-1-6-15-12(9-11)7-8-20-15/h1-9,17,20H,10H2,(H,21,22). The first-order valence-electron chi connectivity index (χ1n) is 7.01. The summed E-state index contributed by atoms with van der Waals surface area (Å²) in [4.78, 5) is 15.6. The van der Waals surface area contributed by atoms with E-state index >= 15 is 0 Å². The zero-order valence-electron chi connectivity index (χ0n) is 12.1. The molecule has 0 atom stereocenters. The fraction of sp³-hybridized carbons (Fsp3) is 0.118. The number of nitrogens with one attached hydrogen (secondary N) is 2. The lowest BCUT2D eigenvalue weighted by molar-refractivity contribution is -0.115. The zero-order chi connectivity index (χ0) is 16.2. The molecule has 0 unspecified atom stereocenters. The molecule has 0 aliphatic carbocycles. The SMILES string of the molecule is O=C(Cc1ccc2[nH]ccc2c1)Nc1ccc(SC(F)F)cc1. The van der Waals surface area contributed by atoms with Gasteiger partial charge in [-0.2, -0.15) is 8.78 Å². The van der Waals surface area contributed by atoms with Gasteiger partial charge in [-0.15, -0.1) is 0 Å². The second-order valence-electron chi connectivity index (χ2n) is 5.03. The van der Waals surface area contributed by atoms with Crippen LogP contribution in [0, 0.1) is 0 Å². The van der Waals surface area contributed by atoms with Gasteiger partial charge in [-0.3, -0.25) is 4.79 Å². The highest BCUT2D eigenvalue weighted by molar-refractivity contribution is 7.99. The number of aromatic amines is 1. The molecule has 2 aromatic carbocycles. The Balaban J connectivity index is 1.62. The Bertz CT molecular complexity index is 815. The Kier molecular flexibility index (Phi) is 4.62. The van der Waals surface area contributed by atoms with E-state index in [4.69, 9.17) is 0 Å². The fourth-order valence-corrected chi connectivity index (χ4v) is 2.82. The molecule has 1 aromatic heterocycles. The predicted molar refractivity (Wildman–Crippen MR) is 88.9 cm³/mol. The molecule has 0 bridgehead atoms. The van der Waals surface area contributed by atoms with Crippen LogP contribution in [-0.4, -0.2) is 16.6 Å². The molecular formula is C17H14F2N2OS. The van der Waals surface area contributed by atoms with Crippen LogP contribution in [0.4, 0.5) is 14.5 Å². The molecule has 0 spiro atoms. The number of carbonyl (C=O) groups excluding carboxylic acids is 1. The molecule has 0 saturated heterocycles. The summed E-state index contributed by atoms with van der Waals surface area (Å²) in [6, 6.07) is 14.1. The number of alkyl halides is 2. The summed E-state index contributed by atoms with van der Waals surface area (Å²) in [6.07, 6.45) is 2.11. The molecule has 6 heteroatoms. The van der Waals surface area contributed by atoms with Gasteiger partial charge < -0.3 is 10.3 Å². The second kappa shape index (κ2) is 6.83. The third-order valence-electron chi connectivity index (χ3n) is 3.35. The van der Waals surface area contributed by atoms with Gasteiger partial charge in [0.25, 0.3) is 5.76 Å². The number of H-pyrrole nitrogens is 1. The van der Waals surface area contributed by atoms with E-state index in [9.17, 15) is 13.6 Å². The highest BCUT2D eigenvalue weighted by Crippen LogP contribution is 2.26. The van der Waals surface area contributed by atoms with E-state index in [1.807, 2.05) is 30.5 Å². The second-order valence-corrected chi connectivity index (χ2v) is 6.09. The van der Waals surface area contributed by atoms with E-state index in [-0.39, 0.29) is 12.3 Å². The lowest BCUT2D eigenvalue weighted by Crippen LogP contribution is -2.14. The van der Waals surface area contributed by atoms with Crippen LogP contribution in [0.5, 0.6) is 0 Å². The molecule has 1 amide bonds. The minimum atomic E-state index is -2.45. The molecule has 2 N–H and O–H groups in total.